The molecule has 1 aliphatic rings. The van der Waals surface area contributed by atoms with Gasteiger partial charge in [-0.25, -0.2) is 8.42 Å². The smallest absolute Gasteiger partial charge is 0.245 e. The monoisotopic (exact) mass is 268 g/mol. The zero-order valence-corrected chi connectivity index (χ0v) is 11.9. The van der Waals surface area contributed by atoms with Gasteiger partial charge in [0, 0.05) is 24.5 Å². The first-order valence-corrected chi connectivity index (χ1v) is 7.82. The number of pyridine rings is 1. The maximum Gasteiger partial charge on any atom is 0.245 e. The summed E-state index contributed by atoms with van der Waals surface area (Å²) in [5.74, 6) is 0.303. The molecule has 4 nitrogen and oxygen atoms in total. The average molecular weight is 268 g/mol. The largest absolute Gasteiger partial charge is 0.263 e. The summed E-state index contributed by atoms with van der Waals surface area (Å²) < 4.78 is 27.0. The Bertz CT molecular complexity index is 495. The van der Waals surface area contributed by atoms with Crippen LogP contribution in [-0.4, -0.2) is 29.8 Å². The SMILES string of the molecule is CC(C)[C@@H](C)N(C1CC1)S(=O)(=O)c1cccnc1. The molecule has 1 fully saturated rings. The van der Waals surface area contributed by atoms with Crippen molar-refractivity contribution >= 4 is 10.0 Å². The second kappa shape index (κ2) is 4.97. The highest BCUT2D eigenvalue weighted by Crippen LogP contribution is 2.35. The molecule has 1 aromatic heterocycles. The summed E-state index contributed by atoms with van der Waals surface area (Å²) in [6, 6.07) is 3.47. The van der Waals surface area contributed by atoms with Crippen LogP contribution in [0.15, 0.2) is 29.4 Å². The Morgan fingerprint density at radius 3 is 2.44 bits per heavy atom. The van der Waals surface area contributed by atoms with Crippen LogP contribution in [0.2, 0.25) is 0 Å². The lowest BCUT2D eigenvalue weighted by atomic mass is 10.1. The average Bonchev–Trinajstić information content (AvgIpc) is 3.14. The van der Waals surface area contributed by atoms with Crippen molar-refractivity contribution in [3.63, 3.8) is 0 Å². The molecule has 1 aliphatic carbocycles. The van der Waals surface area contributed by atoms with Crippen molar-refractivity contribution in [2.45, 2.75) is 50.6 Å². The zero-order chi connectivity index (χ0) is 13.3. The Morgan fingerprint density at radius 1 is 1.33 bits per heavy atom. The van der Waals surface area contributed by atoms with E-state index in [1.54, 1.807) is 22.6 Å². The summed E-state index contributed by atoms with van der Waals surface area (Å²) >= 11 is 0. The normalized spacial score (nSPS) is 18.3. The van der Waals surface area contributed by atoms with E-state index in [1.165, 1.54) is 6.20 Å². The fraction of sp³-hybridized carbons (Fsp3) is 0.615. The molecule has 0 aromatic carbocycles. The standard InChI is InChI=1S/C13H20N2O2S/c1-10(2)11(3)15(12-6-7-12)18(16,17)13-5-4-8-14-9-13/h4-5,8-12H,6-7H2,1-3H3/t11-/m1/s1. The van der Waals surface area contributed by atoms with Gasteiger partial charge in [-0.15, -0.1) is 0 Å². The highest BCUT2D eigenvalue weighted by molar-refractivity contribution is 7.89. The minimum Gasteiger partial charge on any atom is -0.263 e. The summed E-state index contributed by atoms with van der Waals surface area (Å²) in [5, 5.41) is 0. The van der Waals surface area contributed by atoms with Gasteiger partial charge >= 0.3 is 0 Å². The fourth-order valence-corrected chi connectivity index (χ4v) is 3.96. The fourth-order valence-electron chi connectivity index (χ4n) is 1.99. The first kappa shape index (κ1) is 13.5. The maximum atomic E-state index is 12.6. The van der Waals surface area contributed by atoms with Gasteiger partial charge in [-0.05, 0) is 37.8 Å². The first-order valence-electron chi connectivity index (χ1n) is 6.38. The van der Waals surface area contributed by atoms with E-state index in [9.17, 15) is 8.42 Å². The topological polar surface area (TPSA) is 50.3 Å². The molecule has 1 atom stereocenters. The second-order valence-corrected chi connectivity index (χ2v) is 7.08. The third-order valence-corrected chi connectivity index (χ3v) is 5.51. The predicted octanol–water partition coefficient (Wildman–Crippen LogP) is 2.28. The van der Waals surface area contributed by atoms with E-state index in [2.05, 4.69) is 18.8 Å². The molecule has 2 rings (SSSR count). The minimum atomic E-state index is -3.41. The molecule has 0 bridgehead atoms. The third-order valence-electron chi connectivity index (χ3n) is 3.48. The number of sulfonamides is 1. The molecule has 5 heteroatoms. The molecular formula is C13H20N2O2S. The Balaban J connectivity index is 2.37. The quantitative estimate of drug-likeness (QED) is 0.823. The molecule has 0 aliphatic heterocycles. The first-order chi connectivity index (χ1) is 8.44. The van der Waals surface area contributed by atoms with Crippen LogP contribution in [0.25, 0.3) is 0 Å². The van der Waals surface area contributed by atoms with E-state index in [0.29, 0.717) is 10.8 Å². The summed E-state index contributed by atoms with van der Waals surface area (Å²) in [6.45, 7) is 6.09. The van der Waals surface area contributed by atoms with Crippen molar-refractivity contribution in [2.24, 2.45) is 5.92 Å². The highest BCUT2D eigenvalue weighted by Gasteiger charge is 2.41. The molecule has 0 unspecified atom stereocenters. The van der Waals surface area contributed by atoms with Crippen molar-refractivity contribution < 1.29 is 8.42 Å². The second-order valence-electron chi connectivity index (χ2n) is 5.24. The van der Waals surface area contributed by atoms with Crippen LogP contribution in [-0.2, 0) is 10.0 Å². The van der Waals surface area contributed by atoms with Gasteiger partial charge in [-0.1, -0.05) is 13.8 Å². The van der Waals surface area contributed by atoms with Crippen LogP contribution >= 0.6 is 0 Å². The van der Waals surface area contributed by atoms with Gasteiger partial charge in [0.2, 0.25) is 10.0 Å². The van der Waals surface area contributed by atoms with E-state index in [-0.39, 0.29) is 12.1 Å². The maximum absolute atomic E-state index is 12.6. The summed E-state index contributed by atoms with van der Waals surface area (Å²) in [4.78, 5) is 4.21. The molecule has 0 radical (unpaired) electrons. The van der Waals surface area contributed by atoms with Crippen molar-refractivity contribution in [2.75, 3.05) is 0 Å². The van der Waals surface area contributed by atoms with Crippen LogP contribution in [0.5, 0.6) is 0 Å². The molecule has 1 aromatic rings. The van der Waals surface area contributed by atoms with Gasteiger partial charge in [0.15, 0.2) is 0 Å². The highest BCUT2D eigenvalue weighted by atomic mass is 32.2. The Labute approximate surface area is 109 Å². The van der Waals surface area contributed by atoms with Crippen LogP contribution in [0.4, 0.5) is 0 Å². The van der Waals surface area contributed by atoms with Crippen molar-refractivity contribution in [3.8, 4) is 0 Å². The van der Waals surface area contributed by atoms with Gasteiger partial charge in [-0.3, -0.25) is 4.98 Å². The minimum absolute atomic E-state index is 0.0164. The van der Waals surface area contributed by atoms with Crippen LogP contribution in [0.3, 0.4) is 0 Å². The lowest BCUT2D eigenvalue weighted by molar-refractivity contribution is 0.269. The van der Waals surface area contributed by atoms with Gasteiger partial charge < -0.3 is 0 Å². The zero-order valence-electron chi connectivity index (χ0n) is 11.1. The number of hydrogen-bond donors (Lipinski definition) is 0. The summed E-state index contributed by atoms with van der Waals surface area (Å²) in [7, 11) is -3.41. The lowest BCUT2D eigenvalue weighted by Crippen LogP contribution is -2.43. The van der Waals surface area contributed by atoms with Gasteiger partial charge in [0.05, 0.1) is 0 Å². The van der Waals surface area contributed by atoms with Crippen molar-refractivity contribution in [3.05, 3.63) is 24.5 Å². The van der Waals surface area contributed by atoms with Crippen molar-refractivity contribution in [1.29, 1.82) is 0 Å². The summed E-state index contributed by atoms with van der Waals surface area (Å²) in [6.07, 6.45) is 4.96. The van der Waals surface area contributed by atoms with E-state index < -0.39 is 10.0 Å². The molecule has 0 spiro atoms. The van der Waals surface area contributed by atoms with E-state index in [4.69, 9.17) is 0 Å². The van der Waals surface area contributed by atoms with Gasteiger partial charge in [-0.2, -0.15) is 4.31 Å². The van der Waals surface area contributed by atoms with Gasteiger partial charge in [0.25, 0.3) is 0 Å². The number of aromatic nitrogens is 1. The third kappa shape index (κ3) is 2.57. The van der Waals surface area contributed by atoms with Crippen LogP contribution in [0, 0.1) is 5.92 Å². The van der Waals surface area contributed by atoms with Crippen LogP contribution in [0.1, 0.15) is 33.6 Å². The summed E-state index contributed by atoms with van der Waals surface area (Å²) in [5.41, 5.74) is 0. The van der Waals surface area contributed by atoms with E-state index in [0.717, 1.165) is 12.8 Å². The molecule has 0 saturated heterocycles. The molecule has 1 saturated carbocycles. The molecule has 100 valence electrons. The molecule has 0 amide bonds. The predicted molar refractivity (Wildman–Crippen MR) is 70.6 cm³/mol. The molecule has 18 heavy (non-hydrogen) atoms. The molecule has 1 heterocycles. The lowest BCUT2D eigenvalue weighted by Gasteiger charge is -2.30. The Morgan fingerprint density at radius 2 is 2.00 bits per heavy atom. The van der Waals surface area contributed by atoms with Gasteiger partial charge in [0.1, 0.15) is 4.90 Å². The van der Waals surface area contributed by atoms with E-state index in [1.807, 2.05) is 6.92 Å². The molecule has 0 N–H and O–H groups in total. The van der Waals surface area contributed by atoms with Crippen LogP contribution < -0.4 is 0 Å². The van der Waals surface area contributed by atoms with Crippen molar-refractivity contribution in [1.82, 2.24) is 9.29 Å². The van der Waals surface area contributed by atoms with E-state index >= 15 is 0 Å². The number of rotatable bonds is 5. The number of nitrogens with zero attached hydrogens (tertiary/aromatic N) is 2. The molecular weight excluding hydrogens is 248 g/mol. The Hall–Kier alpha value is -0.940. The Kier molecular flexibility index (Phi) is 3.73. The number of hydrogen-bond acceptors (Lipinski definition) is 3.